The van der Waals surface area contributed by atoms with Crippen molar-refractivity contribution < 1.29 is 9.53 Å². The standard InChI is InChI=1S/C17H21N3O2/c1-12-6-4-7-13(2)15(12)22-11-10-20-16-14(17(21)18-3)8-5-9-19-16/h4-9H,10-11H2,1-3H3,(H,18,21)(H,19,20). The minimum Gasteiger partial charge on any atom is -0.491 e. The lowest BCUT2D eigenvalue weighted by Crippen LogP contribution is -2.21. The van der Waals surface area contributed by atoms with E-state index in [4.69, 9.17) is 4.74 Å². The minimum atomic E-state index is -0.161. The Bertz CT molecular complexity index is 636. The summed E-state index contributed by atoms with van der Waals surface area (Å²) >= 11 is 0. The molecule has 0 bridgehead atoms. The van der Waals surface area contributed by atoms with Crippen molar-refractivity contribution in [1.82, 2.24) is 10.3 Å². The van der Waals surface area contributed by atoms with E-state index in [1.165, 1.54) is 0 Å². The average molecular weight is 299 g/mol. The first-order valence-corrected chi connectivity index (χ1v) is 7.23. The average Bonchev–Trinajstić information content (AvgIpc) is 2.53. The van der Waals surface area contributed by atoms with Crippen molar-refractivity contribution in [2.75, 3.05) is 25.5 Å². The molecule has 0 atom stereocenters. The van der Waals surface area contributed by atoms with Crippen LogP contribution in [0.15, 0.2) is 36.5 Å². The van der Waals surface area contributed by atoms with Gasteiger partial charge in [-0.15, -0.1) is 0 Å². The van der Waals surface area contributed by atoms with Crippen LogP contribution in [0.2, 0.25) is 0 Å². The molecule has 2 N–H and O–H groups in total. The first-order chi connectivity index (χ1) is 10.6. The summed E-state index contributed by atoms with van der Waals surface area (Å²) in [6.45, 7) is 5.11. The summed E-state index contributed by atoms with van der Waals surface area (Å²) in [6.07, 6.45) is 1.65. The van der Waals surface area contributed by atoms with Gasteiger partial charge in [-0.05, 0) is 37.1 Å². The van der Waals surface area contributed by atoms with E-state index >= 15 is 0 Å². The lowest BCUT2D eigenvalue weighted by atomic mass is 10.1. The van der Waals surface area contributed by atoms with Crippen LogP contribution in [-0.4, -0.2) is 31.1 Å². The van der Waals surface area contributed by atoms with Gasteiger partial charge in [0, 0.05) is 13.2 Å². The second-order valence-electron chi connectivity index (χ2n) is 4.97. The number of ether oxygens (including phenoxy) is 1. The van der Waals surface area contributed by atoms with Crippen LogP contribution in [0.1, 0.15) is 21.5 Å². The highest BCUT2D eigenvalue weighted by Crippen LogP contribution is 2.22. The fourth-order valence-corrected chi connectivity index (χ4v) is 2.21. The molecular formula is C17H21N3O2. The number of para-hydroxylation sites is 1. The second kappa shape index (κ2) is 7.45. The lowest BCUT2D eigenvalue weighted by Gasteiger charge is -2.13. The van der Waals surface area contributed by atoms with Gasteiger partial charge in [0.05, 0.1) is 12.1 Å². The number of hydrogen-bond acceptors (Lipinski definition) is 4. The van der Waals surface area contributed by atoms with Gasteiger partial charge in [0.1, 0.15) is 18.2 Å². The van der Waals surface area contributed by atoms with Crippen molar-refractivity contribution >= 4 is 11.7 Å². The van der Waals surface area contributed by atoms with Crippen LogP contribution in [0.5, 0.6) is 5.75 Å². The first-order valence-electron chi connectivity index (χ1n) is 7.23. The topological polar surface area (TPSA) is 63.2 Å². The normalized spacial score (nSPS) is 10.1. The van der Waals surface area contributed by atoms with Gasteiger partial charge in [0.15, 0.2) is 0 Å². The Morgan fingerprint density at radius 3 is 2.59 bits per heavy atom. The summed E-state index contributed by atoms with van der Waals surface area (Å²) in [7, 11) is 1.60. The van der Waals surface area contributed by atoms with Crippen LogP contribution in [0.4, 0.5) is 5.82 Å². The van der Waals surface area contributed by atoms with Crippen molar-refractivity contribution in [3.8, 4) is 5.75 Å². The molecule has 2 aromatic rings. The predicted molar refractivity (Wildman–Crippen MR) is 87.5 cm³/mol. The molecule has 0 saturated carbocycles. The summed E-state index contributed by atoms with van der Waals surface area (Å²) in [5.74, 6) is 1.31. The van der Waals surface area contributed by atoms with Gasteiger partial charge < -0.3 is 15.4 Å². The lowest BCUT2D eigenvalue weighted by molar-refractivity contribution is 0.0963. The Morgan fingerprint density at radius 1 is 1.18 bits per heavy atom. The number of benzene rings is 1. The zero-order valence-corrected chi connectivity index (χ0v) is 13.1. The maximum atomic E-state index is 11.8. The molecule has 1 amide bonds. The Hall–Kier alpha value is -2.56. The van der Waals surface area contributed by atoms with E-state index in [9.17, 15) is 4.79 Å². The maximum Gasteiger partial charge on any atom is 0.254 e. The molecule has 1 aromatic heterocycles. The van der Waals surface area contributed by atoms with Gasteiger partial charge in [-0.3, -0.25) is 4.79 Å². The van der Waals surface area contributed by atoms with E-state index in [1.54, 1.807) is 25.4 Å². The van der Waals surface area contributed by atoms with Crippen LogP contribution in [-0.2, 0) is 0 Å². The van der Waals surface area contributed by atoms with Crippen LogP contribution in [0.25, 0.3) is 0 Å². The number of aryl methyl sites for hydroxylation is 2. The fraction of sp³-hybridized carbons (Fsp3) is 0.294. The summed E-state index contributed by atoms with van der Waals surface area (Å²) in [5, 5.41) is 5.74. The fourth-order valence-electron chi connectivity index (χ4n) is 2.21. The number of pyridine rings is 1. The molecule has 0 radical (unpaired) electrons. The van der Waals surface area contributed by atoms with E-state index in [0.717, 1.165) is 16.9 Å². The molecule has 2 rings (SSSR count). The quantitative estimate of drug-likeness (QED) is 0.805. The maximum absolute atomic E-state index is 11.8. The van der Waals surface area contributed by atoms with Crippen LogP contribution >= 0.6 is 0 Å². The SMILES string of the molecule is CNC(=O)c1cccnc1NCCOc1c(C)cccc1C. The minimum absolute atomic E-state index is 0.161. The number of nitrogens with zero attached hydrogens (tertiary/aromatic N) is 1. The molecular weight excluding hydrogens is 278 g/mol. The molecule has 0 aliphatic heterocycles. The number of aromatic nitrogens is 1. The third kappa shape index (κ3) is 3.75. The van der Waals surface area contributed by atoms with E-state index in [1.807, 2.05) is 32.0 Å². The predicted octanol–water partition coefficient (Wildman–Crippen LogP) is 2.55. The summed E-state index contributed by atoms with van der Waals surface area (Å²) in [6, 6.07) is 9.54. The number of carbonyl (C=O) groups excluding carboxylic acids is 1. The van der Waals surface area contributed by atoms with Crippen molar-refractivity contribution in [1.29, 1.82) is 0 Å². The van der Waals surface area contributed by atoms with Gasteiger partial charge in [-0.1, -0.05) is 18.2 Å². The number of anilines is 1. The van der Waals surface area contributed by atoms with Crippen molar-refractivity contribution in [2.24, 2.45) is 0 Å². The molecule has 22 heavy (non-hydrogen) atoms. The number of hydrogen-bond donors (Lipinski definition) is 2. The molecule has 1 heterocycles. The summed E-state index contributed by atoms with van der Waals surface area (Å²) in [5.41, 5.74) is 2.75. The molecule has 0 fully saturated rings. The monoisotopic (exact) mass is 299 g/mol. The molecule has 1 aromatic carbocycles. The number of amides is 1. The molecule has 5 heteroatoms. The van der Waals surface area contributed by atoms with E-state index in [2.05, 4.69) is 15.6 Å². The summed E-state index contributed by atoms with van der Waals surface area (Å²) < 4.78 is 5.83. The highest BCUT2D eigenvalue weighted by molar-refractivity contribution is 5.98. The zero-order valence-electron chi connectivity index (χ0n) is 13.1. The third-order valence-electron chi connectivity index (χ3n) is 3.33. The second-order valence-corrected chi connectivity index (χ2v) is 4.97. The van der Waals surface area contributed by atoms with Gasteiger partial charge in [-0.2, -0.15) is 0 Å². The third-order valence-corrected chi connectivity index (χ3v) is 3.33. The molecule has 0 spiro atoms. The van der Waals surface area contributed by atoms with Gasteiger partial charge >= 0.3 is 0 Å². The highest BCUT2D eigenvalue weighted by Gasteiger charge is 2.10. The molecule has 0 saturated heterocycles. The molecule has 0 aliphatic rings. The van der Waals surface area contributed by atoms with Gasteiger partial charge in [0.25, 0.3) is 5.91 Å². The molecule has 5 nitrogen and oxygen atoms in total. The zero-order chi connectivity index (χ0) is 15.9. The van der Waals surface area contributed by atoms with E-state index < -0.39 is 0 Å². The van der Waals surface area contributed by atoms with Crippen LogP contribution < -0.4 is 15.4 Å². The van der Waals surface area contributed by atoms with Gasteiger partial charge in [-0.25, -0.2) is 4.98 Å². The smallest absolute Gasteiger partial charge is 0.254 e. The highest BCUT2D eigenvalue weighted by atomic mass is 16.5. The van der Waals surface area contributed by atoms with Crippen LogP contribution in [0, 0.1) is 13.8 Å². The Morgan fingerprint density at radius 2 is 1.91 bits per heavy atom. The van der Waals surface area contributed by atoms with E-state index in [-0.39, 0.29) is 5.91 Å². The van der Waals surface area contributed by atoms with Crippen molar-refractivity contribution in [3.05, 3.63) is 53.2 Å². The van der Waals surface area contributed by atoms with Crippen molar-refractivity contribution in [2.45, 2.75) is 13.8 Å². The molecule has 0 aliphatic carbocycles. The van der Waals surface area contributed by atoms with E-state index in [0.29, 0.717) is 24.5 Å². The van der Waals surface area contributed by atoms with Gasteiger partial charge in [0.2, 0.25) is 0 Å². The first kappa shape index (κ1) is 15.8. The summed E-state index contributed by atoms with van der Waals surface area (Å²) in [4.78, 5) is 16.0. The largest absolute Gasteiger partial charge is 0.491 e. The number of rotatable bonds is 6. The van der Waals surface area contributed by atoms with Crippen LogP contribution in [0.3, 0.4) is 0 Å². The number of nitrogens with one attached hydrogen (secondary N) is 2. The Labute approximate surface area is 130 Å². The molecule has 0 unspecified atom stereocenters. The number of carbonyl (C=O) groups is 1. The Balaban J connectivity index is 1.94. The van der Waals surface area contributed by atoms with Crippen molar-refractivity contribution in [3.63, 3.8) is 0 Å². The molecule has 116 valence electrons. The Kier molecular flexibility index (Phi) is 5.36.